The Morgan fingerprint density at radius 2 is 1.03 bits per heavy atom. The number of unbranched alkanes of at least 4 members (excludes halogenated alkanes) is 2. The molecule has 2 aromatic rings. The molecule has 0 atom stereocenters. The van der Waals surface area contributed by atoms with Crippen LogP contribution in [0.15, 0.2) is 61.0 Å². The normalized spacial score (nSPS) is 11.9. The Kier molecular flexibility index (Phi) is 9.24. The number of halogens is 6. The lowest BCUT2D eigenvalue weighted by molar-refractivity contribution is -0.139. The average Bonchev–Trinajstić information content (AvgIpc) is 2.75. The van der Waals surface area contributed by atoms with Gasteiger partial charge < -0.3 is 10.6 Å². The highest BCUT2D eigenvalue weighted by atomic mass is 19.4. The smallest absolute Gasteiger partial charge is 0.359 e. The van der Waals surface area contributed by atoms with E-state index in [1.54, 1.807) is 0 Å². The molecule has 2 N–H and O–H groups in total. The molecule has 0 unspecified atom stereocenters. The molecule has 0 amide bonds. The number of alkyl halides is 6. The van der Waals surface area contributed by atoms with Crippen molar-refractivity contribution < 1.29 is 26.3 Å². The van der Waals surface area contributed by atoms with Gasteiger partial charge in [0.15, 0.2) is 0 Å². The summed E-state index contributed by atoms with van der Waals surface area (Å²) in [7, 11) is 0. The lowest BCUT2D eigenvalue weighted by atomic mass is 9.93. The second kappa shape index (κ2) is 11.5. The predicted molar refractivity (Wildman–Crippen MR) is 126 cm³/mol. The second-order valence-corrected chi connectivity index (χ2v) is 8.18. The summed E-state index contributed by atoms with van der Waals surface area (Å²) in [6.07, 6.45) is -5.13. The van der Waals surface area contributed by atoms with Gasteiger partial charge in [0.25, 0.3) is 0 Å². The van der Waals surface area contributed by atoms with Gasteiger partial charge in [-0.2, -0.15) is 26.3 Å². The minimum atomic E-state index is -4.86. The van der Waals surface area contributed by atoms with Gasteiger partial charge in [0, 0.05) is 22.8 Å². The van der Waals surface area contributed by atoms with Gasteiger partial charge in [-0.05, 0) is 61.1 Å². The standard InChI is InChI=1S/C26H30F6N2/c1-5-7-9-17(3)33-19-11-13-21(23(15-19)25(27,28)29)22-14-12-20(16-24(22)26(30,31)32)34-18(4)10-8-6-2/h11-16,33-34H,3-10H2,1-2H3. The van der Waals surface area contributed by atoms with Gasteiger partial charge in [-0.1, -0.05) is 52.0 Å². The average molecular weight is 485 g/mol. The van der Waals surface area contributed by atoms with Crippen molar-refractivity contribution in [3.8, 4) is 11.1 Å². The minimum absolute atomic E-state index is 0.122. The Morgan fingerprint density at radius 1 is 0.676 bits per heavy atom. The van der Waals surface area contributed by atoms with E-state index < -0.39 is 34.6 Å². The predicted octanol–water partition coefficient (Wildman–Crippen LogP) is 9.62. The van der Waals surface area contributed by atoms with Gasteiger partial charge in [0.1, 0.15) is 0 Å². The van der Waals surface area contributed by atoms with Gasteiger partial charge in [-0.3, -0.25) is 0 Å². The van der Waals surface area contributed by atoms with E-state index in [0.717, 1.165) is 49.9 Å². The second-order valence-electron chi connectivity index (χ2n) is 8.18. The summed E-state index contributed by atoms with van der Waals surface area (Å²) in [6.45, 7) is 11.6. The van der Waals surface area contributed by atoms with Crippen molar-refractivity contribution in [2.75, 3.05) is 10.6 Å². The lowest BCUT2D eigenvalue weighted by Crippen LogP contribution is -2.12. The van der Waals surface area contributed by atoms with Gasteiger partial charge in [0.05, 0.1) is 11.1 Å². The molecule has 0 fully saturated rings. The molecule has 0 radical (unpaired) electrons. The highest BCUT2D eigenvalue weighted by Gasteiger charge is 2.38. The molecule has 2 rings (SSSR count). The molecule has 0 aliphatic carbocycles. The van der Waals surface area contributed by atoms with E-state index in [-0.39, 0.29) is 11.4 Å². The zero-order chi connectivity index (χ0) is 25.5. The van der Waals surface area contributed by atoms with Gasteiger partial charge in [-0.15, -0.1) is 0 Å². The van der Waals surface area contributed by atoms with Crippen molar-refractivity contribution in [1.82, 2.24) is 0 Å². The van der Waals surface area contributed by atoms with E-state index in [9.17, 15) is 26.3 Å². The molecule has 0 saturated heterocycles. The number of rotatable bonds is 11. The van der Waals surface area contributed by atoms with Crippen LogP contribution in [0.2, 0.25) is 0 Å². The Bertz CT molecular complexity index is 924. The first-order chi connectivity index (χ1) is 15.9. The number of hydrogen-bond donors (Lipinski definition) is 2. The van der Waals surface area contributed by atoms with E-state index in [0.29, 0.717) is 24.2 Å². The van der Waals surface area contributed by atoms with E-state index in [1.165, 1.54) is 12.1 Å². The molecule has 186 valence electrons. The monoisotopic (exact) mass is 484 g/mol. The molecule has 0 aliphatic heterocycles. The van der Waals surface area contributed by atoms with Crippen LogP contribution in [0.4, 0.5) is 37.7 Å². The summed E-state index contributed by atoms with van der Waals surface area (Å²) in [4.78, 5) is 0. The molecule has 2 aromatic carbocycles. The van der Waals surface area contributed by atoms with Crippen molar-refractivity contribution >= 4 is 11.4 Å². The molecule has 8 heteroatoms. The minimum Gasteiger partial charge on any atom is -0.359 e. The summed E-state index contributed by atoms with van der Waals surface area (Å²) in [5.41, 5.74) is -2.07. The third-order valence-electron chi connectivity index (χ3n) is 5.25. The van der Waals surface area contributed by atoms with Crippen molar-refractivity contribution in [1.29, 1.82) is 0 Å². The van der Waals surface area contributed by atoms with Gasteiger partial charge in [0.2, 0.25) is 0 Å². The Hall–Kier alpha value is -2.90. The lowest BCUT2D eigenvalue weighted by Gasteiger charge is -2.20. The molecule has 34 heavy (non-hydrogen) atoms. The van der Waals surface area contributed by atoms with Crippen LogP contribution in [0.25, 0.3) is 11.1 Å². The van der Waals surface area contributed by atoms with E-state index in [2.05, 4.69) is 23.8 Å². The topological polar surface area (TPSA) is 24.1 Å². The highest BCUT2D eigenvalue weighted by Crippen LogP contribution is 2.44. The summed E-state index contributed by atoms with van der Waals surface area (Å²) in [5.74, 6) is 0. The first kappa shape index (κ1) is 27.3. The summed E-state index contributed by atoms with van der Waals surface area (Å²) in [5, 5.41) is 5.65. The first-order valence-corrected chi connectivity index (χ1v) is 11.2. The van der Waals surface area contributed by atoms with Crippen molar-refractivity contribution in [2.45, 2.75) is 64.7 Å². The quantitative estimate of drug-likeness (QED) is 0.310. The van der Waals surface area contributed by atoms with Crippen molar-refractivity contribution in [3.05, 3.63) is 72.1 Å². The summed E-state index contributed by atoms with van der Waals surface area (Å²) >= 11 is 0. The van der Waals surface area contributed by atoms with Crippen LogP contribution in [0.1, 0.15) is 63.5 Å². The zero-order valence-electron chi connectivity index (χ0n) is 19.4. The van der Waals surface area contributed by atoms with Gasteiger partial charge in [-0.25, -0.2) is 0 Å². The number of nitrogens with one attached hydrogen (secondary N) is 2. The first-order valence-electron chi connectivity index (χ1n) is 11.2. The maximum absolute atomic E-state index is 13.9. The third kappa shape index (κ3) is 7.57. The zero-order valence-corrected chi connectivity index (χ0v) is 19.4. The Balaban J connectivity index is 2.51. The van der Waals surface area contributed by atoms with Crippen LogP contribution in [-0.4, -0.2) is 0 Å². The number of anilines is 2. The van der Waals surface area contributed by atoms with Crippen LogP contribution >= 0.6 is 0 Å². The fourth-order valence-electron chi connectivity index (χ4n) is 3.50. The van der Waals surface area contributed by atoms with E-state index in [4.69, 9.17) is 0 Å². The molecule has 0 saturated carbocycles. The molecule has 2 nitrogen and oxygen atoms in total. The SMILES string of the molecule is C=C(CCCC)Nc1ccc(-c2ccc(NC(=C)CCCC)cc2C(F)(F)F)c(C(F)(F)F)c1. The fourth-order valence-corrected chi connectivity index (χ4v) is 3.50. The third-order valence-corrected chi connectivity index (χ3v) is 5.25. The largest absolute Gasteiger partial charge is 0.417 e. The van der Waals surface area contributed by atoms with Crippen molar-refractivity contribution in [3.63, 3.8) is 0 Å². The van der Waals surface area contributed by atoms with Crippen LogP contribution < -0.4 is 10.6 Å². The fraction of sp³-hybridized carbons (Fsp3) is 0.385. The molecular weight excluding hydrogens is 454 g/mol. The Morgan fingerprint density at radius 3 is 1.32 bits per heavy atom. The van der Waals surface area contributed by atoms with E-state index >= 15 is 0 Å². The molecule has 0 heterocycles. The maximum atomic E-state index is 13.9. The molecular formula is C26H30F6N2. The number of hydrogen-bond acceptors (Lipinski definition) is 2. The van der Waals surface area contributed by atoms with Crippen LogP contribution in [0.5, 0.6) is 0 Å². The van der Waals surface area contributed by atoms with Crippen LogP contribution in [-0.2, 0) is 12.4 Å². The summed E-state index contributed by atoms with van der Waals surface area (Å²) < 4.78 is 83.4. The highest BCUT2D eigenvalue weighted by molar-refractivity contribution is 5.76. The van der Waals surface area contributed by atoms with Crippen LogP contribution in [0.3, 0.4) is 0 Å². The molecule has 0 bridgehead atoms. The molecule has 0 spiro atoms. The number of benzene rings is 2. The summed E-state index contributed by atoms with van der Waals surface area (Å²) in [6, 6.07) is 6.45. The Labute approximate surface area is 196 Å². The van der Waals surface area contributed by atoms with Gasteiger partial charge >= 0.3 is 12.4 Å². The molecule has 0 aliphatic rings. The van der Waals surface area contributed by atoms with Crippen LogP contribution in [0, 0.1) is 0 Å². The number of allylic oxidation sites excluding steroid dienone is 2. The maximum Gasteiger partial charge on any atom is 0.417 e. The van der Waals surface area contributed by atoms with E-state index in [1.807, 2.05) is 13.8 Å². The molecule has 0 aromatic heterocycles. The van der Waals surface area contributed by atoms with Crippen molar-refractivity contribution in [2.24, 2.45) is 0 Å².